The van der Waals surface area contributed by atoms with Gasteiger partial charge in [0.05, 0.1) is 0 Å². The van der Waals surface area contributed by atoms with Crippen LogP contribution < -0.4 is 4.74 Å². The summed E-state index contributed by atoms with van der Waals surface area (Å²) in [5, 5.41) is 0. The van der Waals surface area contributed by atoms with E-state index in [2.05, 4.69) is 60.7 Å². The van der Waals surface area contributed by atoms with Crippen LogP contribution >= 0.6 is 22.6 Å². The van der Waals surface area contributed by atoms with Crippen molar-refractivity contribution >= 4 is 22.6 Å². The van der Waals surface area contributed by atoms with Crippen molar-refractivity contribution in [2.24, 2.45) is 0 Å². The van der Waals surface area contributed by atoms with Crippen LogP contribution in [0.4, 0.5) is 0 Å². The lowest BCUT2D eigenvalue weighted by atomic mass is 10.1. The highest BCUT2D eigenvalue weighted by molar-refractivity contribution is 14.1. The van der Waals surface area contributed by atoms with E-state index in [9.17, 15) is 0 Å². The Hall–Kier alpha value is -1.03. The van der Waals surface area contributed by atoms with Gasteiger partial charge in [0.15, 0.2) is 0 Å². The van der Waals surface area contributed by atoms with Crippen LogP contribution in [0.3, 0.4) is 0 Å². The Morgan fingerprint density at radius 2 is 1.71 bits per heavy atom. The molecule has 0 aliphatic heterocycles. The van der Waals surface area contributed by atoms with Gasteiger partial charge in [-0.25, -0.2) is 0 Å². The molecule has 0 amide bonds. The van der Waals surface area contributed by atoms with Crippen molar-refractivity contribution in [1.29, 1.82) is 0 Å². The molecule has 0 saturated carbocycles. The lowest BCUT2D eigenvalue weighted by molar-refractivity contribution is 0.306. The molecular formula is C15H15IO. The van der Waals surface area contributed by atoms with Gasteiger partial charge in [-0.2, -0.15) is 0 Å². The maximum Gasteiger partial charge on any atom is 0.120 e. The fourth-order valence-corrected chi connectivity index (χ4v) is 2.39. The van der Waals surface area contributed by atoms with Crippen LogP contribution in [0, 0.1) is 17.4 Å². The second kappa shape index (κ2) is 5.54. The van der Waals surface area contributed by atoms with Crippen molar-refractivity contribution in [2.45, 2.75) is 20.5 Å². The first-order valence-corrected chi connectivity index (χ1v) is 6.67. The molecule has 0 fully saturated rings. The number of aryl methyl sites for hydroxylation is 2. The summed E-state index contributed by atoms with van der Waals surface area (Å²) in [5.74, 6) is 0.927. The van der Waals surface area contributed by atoms with Crippen LogP contribution in [0.2, 0.25) is 0 Å². The molecule has 0 aliphatic rings. The van der Waals surface area contributed by atoms with E-state index in [1.54, 1.807) is 0 Å². The van der Waals surface area contributed by atoms with Crippen molar-refractivity contribution in [3.63, 3.8) is 0 Å². The van der Waals surface area contributed by atoms with Crippen molar-refractivity contribution in [2.75, 3.05) is 0 Å². The average molecular weight is 338 g/mol. The van der Waals surface area contributed by atoms with E-state index in [1.165, 1.54) is 20.3 Å². The van der Waals surface area contributed by atoms with E-state index in [0.717, 1.165) is 5.75 Å². The van der Waals surface area contributed by atoms with Gasteiger partial charge in [0.25, 0.3) is 0 Å². The normalized spacial score (nSPS) is 10.3. The number of benzene rings is 2. The van der Waals surface area contributed by atoms with E-state index in [-0.39, 0.29) is 0 Å². The third kappa shape index (κ3) is 3.73. The van der Waals surface area contributed by atoms with Gasteiger partial charge in [-0.15, -0.1) is 0 Å². The summed E-state index contributed by atoms with van der Waals surface area (Å²) in [6.07, 6.45) is 0. The Morgan fingerprint density at radius 3 is 2.35 bits per heavy atom. The first kappa shape index (κ1) is 12.4. The van der Waals surface area contributed by atoms with Gasteiger partial charge in [-0.3, -0.25) is 0 Å². The smallest absolute Gasteiger partial charge is 0.120 e. The highest BCUT2D eigenvalue weighted by Gasteiger charge is 1.98. The van der Waals surface area contributed by atoms with Crippen LogP contribution in [0.15, 0.2) is 42.5 Å². The third-order valence-corrected chi connectivity index (χ3v) is 3.15. The highest BCUT2D eigenvalue weighted by Crippen LogP contribution is 2.17. The van der Waals surface area contributed by atoms with Crippen molar-refractivity contribution in [3.8, 4) is 5.75 Å². The number of hydrogen-bond acceptors (Lipinski definition) is 1. The first-order chi connectivity index (χ1) is 8.13. The fourth-order valence-electron chi connectivity index (χ4n) is 1.88. The van der Waals surface area contributed by atoms with Gasteiger partial charge in [-0.05, 0) is 60.2 Å². The topological polar surface area (TPSA) is 9.23 Å². The van der Waals surface area contributed by atoms with E-state index in [1.807, 2.05) is 18.2 Å². The molecule has 2 rings (SSSR count). The minimum absolute atomic E-state index is 0.628. The molecule has 0 aromatic heterocycles. The zero-order valence-electron chi connectivity index (χ0n) is 10.0. The van der Waals surface area contributed by atoms with E-state index in [4.69, 9.17) is 4.74 Å². The Kier molecular flexibility index (Phi) is 4.05. The maximum atomic E-state index is 5.78. The number of ether oxygens (including phenoxy) is 1. The average Bonchev–Trinajstić information content (AvgIpc) is 2.25. The summed E-state index contributed by atoms with van der Waals surface area (Å²) in [6, 6.07) is 14.6. The number of halogens is 1. The molecular weight excluding hydrogens is 323 g/mol. The van der Waals surface area contributed by atoms with Crippen LogP contribution in [-0.2, 0) is 6.61 Å². The Morgan fingerprint density at radius 1 is 1.00 bits per heavy atom. The Bertz CT molecular complexity index is 500. The quantitative estimate of drug-likeness (QED) is 0.750. The van der Waals surface area contributed by atoms with Crippen LogP contribution in [0.1, 0.15) is 16.7 Å². The van der Waals surface area contributed by atoms with Crippen molar-refractivity contribution in [3.05, 3.63) is 62.7 Å². The molecule has 17 heavy (non-hydrogen) atoms. The number of rotatable bonds is 3. The fraction of sp³-hybridized carbons (Fsp3) is 0.200. The molecule has 0 radical (unpaired) electrons. The lowest BCUT2D eigenvalue weighted by Gasteiger charge is -2.08. The predicted octanol–water partition coefficient (Wildman–Crippen LogP) is 4.49. The molecule has 2 aromatic rings. The summed E-state index contributed by atoms with van der Waals surface area (Å²) in [5.41, 5.74) is 3.79. The molecule has 0 heterocycles. The zero-order chi connectivity index (χ0) is 12.3. The molecule has 0 N–H and O–H groups in total. The molecule has 0 aliphatic carbocycles. The summed E-state index contributed by atoms with van der Waals surface area (Å²) < 4.78 is 6.97. The molecule has 0 unspecified atom stereocenters. The van der Waals surface area contributed by atoms with E-state index < -0.39 is 0 Å². The molecule has 0 spiro atoms. The summed E-state index contributed by atoms with van der Waals surface area (Å²) >= 11 is 2.29. The van der Waals surface area contributed by atoms with Gasteiger partial charge in [-0.1, -0.05) is 35.4 Å². The Labute approximate surface area is 116 Å². The summed E-state index contributed by atoms with van der Waals surface area (Å²) in [7, 11) is 0. The second-order valence-electron chi connectivity index (χ2n) is 4.24. The van der Waals surface area contributed by atoms with E-state index >= 15 is 0 Å². The van der Waals surface area contributed by atoms with Gasteiger partial charge < -0.3 is 4.74 Å². The standard InChI is InChI=1S/C15H15IO/c1-11-6-12(2)8-13(7-11)10-17-15-5-3-4-14(16)9-15/h3-9H,10H2,1-2H3. The van der Waals surface area contributed by atoms with Crippen molar-refractivity contribution in [1.82, 2.24) is 0 Å². The van der Waals surface area contributed by atoms with Gasteiger partial charge in [0, 0.05) is 3.57 Å². The molecule has 1 nitrogen and oxygen atoms in total. The van der Waals surface area contributed by atoms with Crippen molar-refractivity contribution < 1.29 is 4.74 Å². The summed E-state index contributed by atoms with van der Waals surface area (Å²) in [6.45, 7) is 4.85. The van der Waals surface area contributed by atoms with Gasteiger partial charge >= 0.3 is 0 Å². The second-order valence-corrected chi connectivity index (χ2v) is 5.49. The predicted molar refractivity (Wildman–Crippen MR) is 79.4 cm³/mol. The van der Waals surface area contributed by atoms with Crippen LogP contribution in [0.5, 0.6) is 5.75 Å². The number of hydrogen-bond donors (Lipinski definition) is 0. The molecule has 88 valence electrons. The Balaban J connectivity index is 2.07. The minimum Gasteiger partial charge on any atom is -0.489 e. The van der Waals surface area contributed by atoms with Crippen LogP contribution in [-0.4, -0.2) is 0 Å². The third-order valence-electron chi connectivity index (χ3n) is 2.48. The monoisotopic (exact) mass is 338 g/mol. The molecule has 0 atom stereocenters. The van der Waals surface area contributed by atoms with Crippen LogP contribution in [0.25, 0.3) is 0 Å². The van der Waals surface area contributed by atoms with Gasteiger partial charge in [0.2, 0.25) is 0 Å². The maximum absolute atomic E-state index is 5.78. The molecule has 0 bridgehead atoms. The highest BCUT2D eigenvalue weighted by atomic mass is 127. The molecule has 2 aromatic carbocycles. The SMILES string of the molecule is Cc1cc(C)cc(COc2cccc(I)c2)c1. The zero-order valence-corrected chi connectivity index (χ0v) is 12.2. The largest absolute Gasteiger partial charge is 0.489 e. The van der Waals surface area contributed by atoms with Gasteiger partial charge in [0.1, 0.15) is 12.4 Å². The summed E-state index contributed by atoms with van der Waals surface area (Å²) in [4.78, 5) is 0. The lowest BCUT2D eigenvalue weighted by Crippen LogP contribution is -1.96. The molecule has 2 heteroatoms. The first-order valence-electron chi connectivity index (χ1n) is 5.59. The minimum atomic E-state index is 0.628. The van der Waals surface area contributed by atoms with E-state index in [0.29, 0.717) is 6.61 Å². The molecule has 0 saturated heterocycles.